The third kappa shape index (κ3) is 3.91. The van der Waals surface area contributed by atoms with Gasteiger partial charge in [-0.05, 0) is 50.5 Å². The molecule has 1 aliphatic rings. The molecular formula is C15H22ClFN2. The van der Waals surface area contributed by atoms with E-state index in [0.717, 1.165) is 51.0 Å². The number of hydrogen-bond acceptors (Lipinski definition) is 2. The minimum Gasteiger partial charge on any atom is -0.317 e. The fraction of sp³-hybridized carbons (Fsp3) is 0.600. The topological polar surface area (TPSA) is 15.3 Å². The summed E-state index contributed by atoms with van der Waals surface area (Å²) in [7, 11) is 0. The molecule has 2 nitrogen and oxygen atoms in total. The van der Waals surface area contributed by atoms with E-state index in [1.165, 1.54) is 6.07 Å². The van der Waals surface area contributed by atoms with Crippen LogP contribution in [0, 0.1) is 5.82 Å². The normalized spacial score (nSPS) is 17.1. The lowest BCUT2D eigenvalue weighted by Crippen LogP contribution is -2.43. The molecule has 0 bridgehead atoms. The average molecular weight is 285 g/mol. The maximum absolute atomic E-state index is 13.5. The first-order chi connectivity index (χ1) is 9.22. The summed E-state index contributed by atoms with van der Waals surface area (Å²) in [6.45, 7) is 6.11. The highest BCUT2D eigenvalue weighted by molar-refractivity contribution is 6.31. The summed E-state index contributed by atoms with van der Waals surface area (Å²) in [4.78, 5) is 2.45. The van der Waals surface area contributed by atoms with Crippen LogP contribution < -0.4 is 5.32 Å². The van der Waals surface area contributed by atoms with Crippen molar-refractivity contribution in [3.05, 3.63) is 34.6 Å². The van der Waals surface area contributed by atoms with Crippen LogP contribution in [0.5, 0.6) is 0 Å². The SMILES string of the molecule is CCCN(Cc1cccc(F)c1Cl)C1CCNCC1. The highest BCUT2D eigenvalue weighted by Crippen LogP contribution is 2.23. The molecule has 1 aliphatic heterocycles. The van der Waals surface area contributed by atoms with Gasteiger partial charge in [-0.25, -0.2) is 4.39 Å². The van der Waals surface area contributed by atoms with Crippen molar-refractivity contribution in [2.45, 2.75) is 38.8 Å². The van der Waals surface area contributed by atoms with Crippen molar-refractivity contribution in [3.63, 3.8) is 0 Å². The van der Waals surface area contributed by atoms with Crippen molar-refractivity contribution in [2.24, 2.45) is 0 Å². The Morgan fingerprint density at radius 3 is 2.79 bits per heavy atom. The van der Waals surface area contributed by atoms with Crippen LogP contribution in [-0.2, 0) is 6.54 Å². The minimum atomic E-state index is -0.319. The quantitative estimate of drug-likeness (QED) is 0.891. The average Bonchev–Trinajstić information content (AvgIpc) is 2.44. The maximum Gasteiger partial charge on any atom is 0.142 e. The Hall–Kier alpha value is -0.640. The summed E-state index contributed by atoms with van der Waals surface area (Å²) in [6, 6.07) is 5.67. The van der Waals surface area contributed by atoms with E-state index >= 15 is 0 Å². The van der Waals surface area contributed by atoms with Gasteiger partial charge in [0, 0.05) is 12.6 Å². The first-order valence-corrected chi connectivity index (χ1v) is 7.47. The van der Waals surface area contributed by atoms with Crippen LogP contribution in [0.4, 0.5) is 4.39 Å². The van der Waals surface area contributed by atoms with Gasteiger partial charge in [0.2, 0.25) is 0 Å². The van der Waals surface area contributed by atoms with E-state index < -0.39 is 0 Å². The summed E-state index contributed by atoms with van der Waals surface area (Å²) in [5, 5.41) is 3.66. The molecule has 0 amide bonds. The van der Waals surface area contributed by atoms with Crippen LogP contribution in [-0.4, -0.2) is 30.6 Å². The summed E-state index contributed by atoms with van der Waals surface area (Å²) in [6.07, 6.45) is 3.43. The molecule has 0 radical (unpaired) electrons. The Balaban J connectivity index is 2.08. The van der Waals surface area contributed by atoms with E-state index in [1.807, 2.05) is 6.07 Å². The van der Waals surface area contributed by atoms with Crippen LogP contribution in [0.2, 0.25) is 5.02 Å². The Bertz CT molecular complexity index is 405. The van der Waals surface area contributed by atoms with Crippen LogP contribution in [0.25, 0.3) is 0 Å². The van der Waals surface area contributed by atoms with Crippen molar-refractivity contribution < 1.29 is 4.39 Å². The van der Waals surface area contributed by atoms with Gasteiger partial charge in [-0.15, -0.1) is 0 Å². The molecular weight excluding hydrogens is 263 g/mol. The van der Waals surface area contributed by atoms with Gasteiger partial charge in [0.15, 0.2) is 0 Å². The van der Waals surface area contributed by atoms with E-state index in [2.05, 4.69) is 17.1 Å². The van der Waals surface area contributed by atoms with Gasteiger partial charge in [0.05, 0.1) is 5.02 Å². The van der Waals surface area contributed by atoms with Crippen molar-refractivity contribution in [1.82, 2.24) is 10.2 Å². The second-order valence-electron chi connectivity index (χ2n) is 5.16. The maximum atomic E-state index is 13.5. The lowest BCUT2D eigenvalue weighted by molar-refractivity contribution is 0.154. The summed E-state index contributed by atoms with van der Waals surface area (Å²) < 4.78 is 13.5. The monoisotopic (exact) mass is 284 g/mol. The minimum absolute atomic E-state index is 0.275. The smallest absolute Gasteiger partial charge is 0.142 e. The van der Waals surface area contributed by atoms with Crippen LogP contribution in [0.15, 0.2) is 18.2 Å². The number of halogens is 2. The van der Waals surface area contributed by atoms with Crippen LogP contribution >= 0.6 is 11.6 Å². The molecule has 0 atom stereocenters. The van der Waals surface area contributed by atoms with E-state index in [1.54, 1.807) is 6.07 Å². The summed E-state index contributed by atoms with van der Waals surface area (Å²) >= 11 is 6.06. The largest absolute Gasteiger partial charge is 0.317 e. The molecule has 2 rings (SSSR count). The number of hydrogen-bond donors (Lipinski definition) is 1. The molecule has 1 fully saturated rings. The second-order valence-corrected chi connectivity index (χ2v) is 5.54. The zero-order valence-corrected chi connectivity index (χ0v) is 12.2. The van der Waals surface area contributed by atoms with Gasteiger partial charge in [0.25, 0.3) is 0 Å². The molecule has 0 spiro atoms. The van der Waals surface area contributed by atoms with E-state index in [9.17, 15) is 4.39 Å². The zero-order valence-electron chi connectivity index (χ0n) is 11.5. The highest BCUT2D eigenvalue weighted by atomic mass is 35.5. The Kier molecular flexibility index (Phi) is 5.61. The summed E-state index contributed by atoms with van der Waals surface area (Å²) in [5.41, 5.74) is 0.897. The van der Waals surface area contributed by atoms with Crippen molar-refractivity contribution in [3.8, 4) is 0 Å². The van der Waals surface area contributed by atoms with Gasteiger partial charge in [0.1, 0.15) is 5.82 Å². The first kappa shape index (κ1) is 14.8. The Morgan fingerprint density at radius 1 is 1.37 bits per heavy atom. The molecule has 0 saturated carbocycles. The Labute approximate surface area is 119 Å². The highest BCUT2D eigenvalue weighted by Gasteiger charge is 2.21. The fourth-order valence-electron chi connectivity index (χ4n) is 2.74. The number of piperidine rings is 1. The predicted molar refractivity (Wildman–Crippen MR) is 78.0 cm³/mol. The zero-order chi connectivity index (χ0) is 13.7. The van der Waals surface area contributed by atoms with Crippen molar-refractivity contribution in [1.29, 1.82) is 0 Å². The van der Waals surface area contributed by atoms with E-state index in [4.69, 9.17) is 11.6 Å². The van der Waals surface area contributed by atoms with Crippen molar-refractivity contribution >= 4 is 11.6 Å². The molecule has 1 saturated heterocycles. The molecule has 0 aromatic heterocycles. The molecule has 1 aromatic rings. The molecule has 1 aromatic carbocycles. The molecule has 106 valence electrons. The number of rotatable bonds is 5. The van der Waals surface area contributed by atoms with E-state index in [0.29, 0.717) is 6.04 Å². The lowest BCUT2D eigenvalue weighted by Gasteiger charge is -2.34. The molecule has 1 N–H and O–H groups in total. The first-order valence-electron chi connectivity index (χ1n) is 7.10. The number of nitrogens with zero attached hydrogens (tertiary/aromatic N) is 1. The predicted octanol–water partition coefficient (Wildman–Crippen LogP) is 3.44. The van der Waals surface area contributed by atoms with E-state index in [-0.39, 0.29) is 10.8 Å². The molecule has 1 heterocycles. The van der Waals surface area contributed by atoms with Crippen LogP contribution in [0.3, 0.4) is 0 Å². The molecule has 4 heteroatoms. The van der Waals surface area contributed by atoms with Gasteiger partial charge in [-0.3, -0.25) is 4.90 Å². The Morgan fingerprint density at radius 2 is 2.11 bits per heavy atom. The van der Waals surface area contributed by atoms with Gasteiger partial charge in [-0.2, -0.15) is 0 Å². The number of benzene rings is 1. The van der Waals surface area contributed by atoms with Gasteiger partial charge in [-0.1, -0.05) is 30.7 Å². The molecule has 19 heavy (non-hydrogen) atoms. The third-order valence-electron chi connectivity index (χ3n) is 3.74. The lowest BCUT2D eigenvalue weighted by atomic mass is 10.0. The summed E-state index contributed by atoms with van der Waals surface area (Å²) in [5.74, 6) is -0.319. The van der Waals surface area contributed by atoms with Crippen molar-refractivity contribution in [2.75, 3.05) is 19.6 Å². The standard InChI is InChI=1S/C15H22ClFN2/c1-2-10-19(13-6-8-18-9-7-13)11-12-4-3-5-14(17)15(12)16/h3-5,13,18H,2,6-11H2,1H3. The molecule has 0 unspecified atom stereocenters. The number of nitrogens with one attached hydrogen (secondary N) is 1. The second kappa shape index (κ2) is 7.22. The van der Waals surface area contributed by atoms with Gasteiger partial charge < -0.3 is 5.32 Å². The third-order valence-corrected chi connectivity index (χ3v) is 4.16. The molecule has 0 aliphatic carbocycles. The van der Waals surface area contributed by atoms with Gasteiger partial charge >= 0.3 is 0 Å². The van der Waals surface area contributed by atoms with Crippen LogP contribution in [0.1, 0.15) is 31.7 Å². The fourth-order valence-corrected chi connectivity index (χ4v) is 2.92.